The largest absolute Gasteiger partial charge is 0.454 e. The van der Waals surface area contributed by atoms with Gasteiger partial charge in [-0.3, -0.25) is 4.79 Å². The molecule has 0 unspecified atom stereocenters. The van der Waals surface area contributed by atoms with E-state index in [1.165, 1.54) is 0 Å². The molecule has 110 valence electrons. The van der Waals surface area contributed by atoms with Crippen LogP contribution < -0.4 is 0 Å². The second-order valence-corrected chi connectivity index (χ2v) is 5.16. The zero-order valence-corrected chi connectivity index (χ0v) is 12.8. The van der Waals surface area contributed by atoms with E-state index in [1.54, 1.807) is 12.1 Å². The molecule has 0 aliphatic rings. The monoisotopic (exact) mass is 285 g/mol. The molecule has 0 radical (unpaired) electrons. The van der Waals surface area contributed by atoms with E-state index in [1.807, 2.05) is 50.6 Å². The molecule has 1 heterocycles. The van der Waals surface area contributed by atoms with E-state index < -0.39 is 5.97 Å². The van der Waals surface area contributed by atoms with E-state index in [-0.39, 0.29) is 12.4 Å². The minimum Gasteiger partial charge on any atom is -0.454 e. The van der Waals surface area contributed by atoms with Crippen LogP contribution in [-0.4, -0.2) is 22.9 Å². The molecular formula is C17H19NO3. The maximum absolute atomic E-state index is 12.2. The van der Waals surface area contributed by atoms with Crippen molar-refractivity contribution in [2.24, 2.45) is 7.05 Å². The van der Waals surface area contributed by atoms with Crippen LogP contribution in [0.1, 0.15) is 37.7 Å². The number of aromatic nitrogens is 1. The maximum Gasteiger partial charge on any atom is 0.338 e. The number of hydrogen-bond acceptors (Lipinski definition) is 3. The van der Waals surface area contributed by atoms with Crippen LogP contribution in [0.5, 0.6) is 0 Å². The van der Waals surface area contributed by atoms with Gasteiger partial charge in [0, 0.05) is 24.0 Å². The lowest BCUT2D eigenvalue weighted by atomic mass is 10.1. The van der Waals surface area contributed by atoms with Gasteiger partial charge < -0.3 is 9.30 Å². The normalized spacial score (nSPS) is 10.5. The topological polar surface area (TPSA) is 48.3 Å². The molecule has 0 aliphatic heterocycles. The quantitative estimate of drug-likeness (QED) is 0.641. The predicted molar refractivity (Wildman–Crippen MR) is 80.7 cm³/mol. The van der Waals surface area contributed by atoms with Gasteiger partial charge in [0.2, 0.25) is 5.78 Å². The molecule has 1 aromatic carbocycles. The van der Waals surface area contributed by atoms with Crippen LogP contribution in [0.25, 0.3) is 0 Å². The van der Waals surface area contributed by atoms with E-state index in [0.29, 0.717) is 11.1 Å². The fourth-order valence-electron chi connectivity index (χ4n) is 2.23. The maximum atomic E-state index is 12.2. The van der Waals surface area contributed by atoms with Gasteiger partial charge in [-0.2, -0.15) is 0 Å². The third kappa shape index (κ3) is 3.05. The molecule has 0 spiro atoms. The molecule has 0 amide bonds. The highest BCUT2D eigenvalue weighted by atomic mass is 16.5. The Labute approximate surface area is 124 Å². The Hall–Kier alpha value is -2.36. The first-order valence-electron chi connectivity index (χ1n) is 6.80. The average molecular weight is 285 g/mol. The predicted octanol–water partition coefficient (Wildman–Crippen LogP) is 2.99. The number of rotatable bonds is 4. The summed E-state index contributed by atoms with van der Waals surface area (Å²) in [5.74, 6) is -0.648. The molecule has 2 aromatic rings. The van der Waals surface area contributed by atoms with Gasteiger partial charge in [-0.1, -0.05) is 18.2 Å². The molecule has 4 nitrogen and oxygen atoms in total. The van der Waals surface area contributed by atoms with Crippen LogP contribution in [0.3, 0.4) is 0 Å². The number of Topliss-reactive ketones (excluding diaryl/α,β-unsaturated/α-hetero) is 1. The van der Waals surface area contributed by atoms with E-state index >= 15 is 0 Å². The van der Waals surface area contributed by atoms with Gasteiger partial charge in [0.1, 0.15) is 0 Å². The van der Waals surface area contributed by atoms with Crippen LogP contribution >= 0.6 is 0 Å². The zero-order chi connectivity index (χ0) is 15.6. The molecule has 2 rings (SSSR count). The Morgan fingerprint density at radius 1 is 1.10 bits per heavy atom. The van der Waals surface area contributed by atoms with Crippen molar-refractivity contribution in [2.75, 3.05) is 6.61 Å². The highest BCUT2D eigenvalue weighted by Crippen LogP contribution is 2.15. The van der Waals surface area contributed by atoms with Gasteiger partial charge in [0.15, 0.2) is 6.61 Å². The second-order valence-electron chi connectivity index (χ2n) is 5.16. The number of benzene rings is 1. The van der Waals surface area contributed by atoms with Crippen molar-refractivity contribution < 1.29 is 14.3 Å². The first kappa shape index (κ1) is 15.0. The number of ether oxygens (including phenoxy) is 1. The van der Waals surface area contributed by atoms with Crippen molar-refractivity contribution in [3.63, 3.8) is 0 Å². The lowest BCUT2D eigenvalue weighted by Crippen LogP contribution is -2.15. The lowest BCUT2D eigenvalue weighted by Gasteiger charge is -2.06. The fourth-order valence-corrected chi connectivity index (χ4v) is 2.23. The summed E-state index contributed by atoms with van der Waals surface area (Å²) in [7, 11) is 1.90. The van der Waals surface area contributed by atoms with E-state index in [9.17, 15) is 9.59 Å². The van der Waals surface area contributed by atoms with Crippen molar-refractivity contribution >= 4 is 11.8 Å². The summed E-state index contributed by atoms with van der Waals surface area (Å²) in [6.45, 7) is 5.41. The summed E-state index contributed by atoms with van der Waals surface area (Å²) >= 11 is 0. The van der Waals surface area contributed by atoms with Gasteiger partial charge in [0.25, 0.3) is 0 Å². The molecule has 0 bridgehead atoms. The van der Waals surface area contributed by atoms with E-state index in [2.05, 4.69) is 0 Å². The number of ketones is 1. The van der Waals surface area contributed by atoms with E-state index in [4.69, 9.17) is 4.74 Å². The Kier molecular flexibility index (Phi) is 4.26. The summed E-state index contributed by atoms with van der Waals surface area (Å²) in [4.78, 5) is 24.1. The number of aryl methyl sites for hydroxylation is 2. The Morgan fingerprint density at radius 2 is 1.76 bits per heavy atom. The van der Waals surface area contributed by atoms with Crippen LogP contribution in [-0.2, 0) is 11.8 Å². The van der Waals surface area contributed by atoms with Crippen LogP contribution in [0.4, 0.5) is 0 Å². The average Bonchev–Trinajstić information content (AvgIpc) is 2.72. The number of carbonyl (C=O) groups is 2. The molecule has 0 fully saturated rings. The van der Waals surface area contributed by atoms with Crippen molar-refractivity contribution in [1.82, 2.24) is 4.57 Å². The Bertz CT molecular complexity index is 698. The fraction of sp³-hybridized carbons (Fsp3) is 0.294. The zero-order valence-electron chi connectivity index (χ0n) is 12.8. The Balaban J connectivity index is 2.06. The van der Waals surface area contributed by atoms with Crippen LogP contribution in [0.2, 0.25) is 0 Å². The van der Waals surface area contributed by atoms with Crippen molar-refractivity contribution in [3.8, 4) is 0 Å². The SMILES string of the molecule is Cc1ccccc1C(=O)OCC(=O)c1cc(C)n(C)c1C. The van der Waals surface area contributed by atoms with Crippen LogP contribution in [0.15, 0.2) is 30.3 Å². The third-order valence-electron chi connectivity index (χ3n) is 3.77. The molecule has 4 heteroatoms. The number of esters is 1. The molecule has 1 aromatic heterocycles. The molecular weight excluding hydrogens is 266 g/mol. The Morgan fingerprint density at radius 3 is 2.33 bits per heavy atom. The first-order valence-corrected chi connectivity index (χ1v) is 6.80. The summed E-state index contributed by atoms with van der Waals surface area (Å²) in [5.41, 5.74) is 3.81. The minimum atomic E-state index is -0.466. The number of carbonyl (C=O) groups excluding carboxylic acids is 2. The smallest absolute Gasteiger partial charge is 0.338 e. The van der Waals surface area contributed by atoms with Gasteiger partial charge in [-0.15, -0.1) is 0 Å². The molecule has 0 aliphatic carbocycles. The third-order valence-corrected chi connectivity index (χ3v) is 3.77. The van der Waals surface area contributed by atoms with Gasteiger partial charge in [-0.25, -0.2) is 4.79 Å². The van der Waals surface area contributed by atoms with E-state index in [0.717, 1.165) is 17.0 Å². The highest BCUT2D eigenvalue weighted by Gasteiger charge is 2.17. The van der Waals surface area contributed by atoms with Gasteiger partial charge in [-0.05, 0) is 38.5 Å². The van der Waals surface area contributed by atoms with Crippen LogP contribution in [0, 0.1) is 20.8 Å². The molecule has 21 heavy (non-hydrogen) atoms. The van der Waals surface area contributed by atoms with Gasteiger partial charge in [0.05, 0.1) is 5.56 Å². The molecule has 0 saturated carbocycles. The molecule has 0 atom stereocenters. The standard InChI is InChI=1S/C17H19NO3/c1-11-7-5-6-8-14(11)17(20)21-10-16(19)15-9-12(2)18(4)13(15)3/h5-9H,10H2,1-4H3. The second kappa shape index (κ2) is 5.95. The summed E-state index contributed by atoms with van der Waals surface area (Å²) in [5, 5.41) is 0. The minimum absolute atomic E-state index is 0.182. The first-order chi connectivity index (χ1) is 9.91. The summed E-state index contributed by atoms with van der Waals surface area (Å²) in [6, 6.07) is 8.98. The number of nitrogens with zero attached hydrogens (tertiary/aromatic N) is 1. The van der Waals surface area contributed by atoms with Gasteiger partial charge >= 0.3 is 5.97 Å². The van der Waals surface area contributed by atoms with Crippen molar-refractivity contribution in [2.45, 2.75) is 20.8 Å². The van der Waals surface area contributed by atoms with Crippen molar-refractivity contribution in [1.29, 1.82) is 0 Å². The molecule has 0 saturated heterocycles. The number of hydrogen-bond donors (Lipinski definition) is 0. The molecule has 0 N–H and O–H groups in total. The summed E-state index contributed by atoms with van der Waals surface area (Å²) < 4.78 is 7.07. The lowest BCUT2D eigenvalue weighted by molar-refractivity contribution is 0.0474. The highest BCUT2D eigenvalue weighted by molar-refractivity contribution is 6.00. The van der Waals surface area contributed by atoms with Crippen molar-refractivity contribution in [3.05, 3.63) is 58.4 Å². The summed E-state index contributed by atoms with van der Waals surface area (Å²) in [6.07, 6.45) is 0.